The van der Waals surface area contributed by atoms with Gasteiger partial charge in [-0.3, -0.25) is 10.1 Å². The number of amides is 1. The van der Waals surface area contributed by atoms with Crippen LogP contribution in [-0.4, -0.2) is 40.0 Å². The summed E-state index contributed by atoms with van der Waals surface area (Å²) < 4.78 is 0. The molecule has 0 bridgehead atoms. The molecule has 0 radical (unpaired) electrons. The minimum atomic E-state index is -0.0773. The second-order valence-electron chi connectivity index (χ2n) is 6.43. The quantitative estimate of drug-likeness (QED) is 0.775. The normalized spacial score (nSPS) is 17.3. The van der Waals surface area contributed by atoms with E-state index in [2.05, 4.69) is 30.9 Å². The van der Waals surface area contributed by atoms with E-state index < -0.39 is 0 Å². The molecule has 3 rings (SSSR count). The smallest absolute Gasteiger partial charge is 0.231 e. The Morgan fingerprint density at radius 3 is 2.96 bits per heavy atom. The van der Waals surface area contributed by atoms with Gasteiger partial charge in [-0.15, -0.1) is 0 Å². The van der Waals surface area contributed by atoms with Crippen LogP contribution in [0, 0.1) is 17.2 Å². The van der Waals surface area contributed by atoms with E-state index in [0.717, 1.165) is 19.4 Å². The molecule has 8 heteroatoms. The van der Waals surface area contributed by atoms with Crippen LogP contribution in [0.15, 0.2) is 12.3 Å². The number of aromatic nitrogens is 3. The molecule has 1 unspecified atom stereocenters. The molecule has 1 amide bonds. The minimum Gasteiger partial charge on any atom is -0.366 e. The lowest BCUT2D eigenvalue weighted by Gasteiger charge is -2.21. The van der Waals surface area contributed by atoms with E-state index in [-0.39, 0.29) is 23.8 Å². The van der Waals surface area contributed by atoms with Crippen molar-refractivity contribution in [1.82, 2.24) is 20.3 Å². The molecular weight excluding hydrogens is 318 g/mol. The summed E-state index contributed by atoms with van der Waals surface area (Å²) in [5.74, 6) is 0.620. The highest BCUT2D eigenvalue weighted by Crippen LogP contribution is 2.22. The minimum absolute atomic E-state index is 0.0691. The summed E-state index contributed by atoms with van der Waals surface area (Å²) in [6.07, 6.45) is 3.45. The van der Waals surface area contributed by atoms with Gasteiger partial charge >= 0.3 is 0 Å². The maximum atomic E-state index is 12.4. The SMILES string of the molecule is CC(C)Nc1nc(C#N)cc2cnc(NC(=O)C3CCCNC3)nc12. The Morgan fingerprint density at radius 1 is 1.44 bits per heavy atom. The third kappa shape index (κ3) is 4.00. The molecule has 3 heterocycles. The molecule has 1 fully saturated rings. The first-order chi connectivity index (χ1) is 12.1. The molecule has 0 saturated carbocycles. The predicted molar refractivity (Wildman–Crippen MR) is 95.0 cm³/mol. The molecule has 8 nitrogen and oxygen atoms in total. The van der Waals surface area contributed by atoms with Gasteiger partial charge in [-0.1, -0.05) is 0 Å². The van der Waals surface area contributed by atoms with E-state index in [4.69, 9.17) is 5.26 Å². The average Bonchev–Trinajstić information content (AvgIpc) is 2.62. The predicted octanol–water partition coefficient (Wildman–Crippen LogP) is 1.65. The Morgan fingerprint density at radius 2 is 2.28 bits per heavy atom. The van der Waals surface area contributed by atoms with Gasteiger partial charge in [0.05, 0.1) is 5.92 Å². The number of rotatable bonds is 4. The number of fused-ring (bicyclic) bond motifs is 1. The Bertz CT molecular complexity index is 822. The zero-order valence-electron chi connectivity index (χ0n) is 14.3. The summed E-state index contributed by atoms with van der Waals surface area (Å²) in [6, 6.07) is 3.81. The van der Waals surface area contributed by atoms with Crippen LogP contribution in [0.2, 0.25) is 0 Å². The summed E-state index contributed by atoms with van der Waals surface area (Å²) in [5, 5.41) is 19.0. The van der Waals surface area contributed by atoms with Crippen molar-refractivity contribution in [3.05, 3.63) is 18.0 Å². The van der Waals surface area contributed by atoms with Crippen molar-refractivity contribution >= 4 is 28.6 Å². The molecule has 1 aliphatic rings. The number of pyridine rings is 1. The van der Waals surface area contributed by atoms with Crippen molar-refractivity contribution in [3.63, 3.8) is 0 Å². The number of hydrogen-bond donors (Lipinski definition) is 3. The van der Waals surface area contributed by atoms with Gasteiger partial charge in [0.25, 0.3) is 0 Å². The van der Waals surface area contributed by atoms with Crippen molar-refractivity contribution in [2.45, 2.75) is 32.7 Å². The fourth-order valence-electron chi connectivity index (χ4n) is 2.82. The van der Waals surface area contributed by atoms with Crippen LogP contribution in [-0.2, 0) is 4.79 Å². The monoisotopic (exact) mass is 339 g/mol. The fourth-order valence-corrected chi connectivity index (χ4v) is 2.82. The summed E-state index contributed by atoms with van der Waals surface area (Å²) in [6.45, 7) is 5.58. The Hall–Kier alpha value is -2.79. The number of anilines is 2. The largest absolute Gasteiger partial charge is 0.366 e. The highest BCUT2D eigenvalue weighted by molar-refractivity contribution is 5.94. The van der Waals surface area contributed by atoms with Gasteiger partial charge in [-0.25, -0.2) is 15.0 Å². The van der Waals surface area contributed by atoms with Crippen molar-refractivity contribution in [3.8, 4) is 6.07 Å². The number of piperidine rings is 1. The third-order valence-corrected chi connectivity index (χ3v) is 4.01. The first-order valence-corrected chi connectivity index (χ1v) is 8.43. The zero-order valence-corrected chi connectivity index (χ0v) is 14.3. The highest BCUT2D eigenvalue weighted by atomic mass is 16.2. The van der Waals surface area contributed by atoms with Crippen molar-refractivity contribution in [1.29, 1.82) is 5.26 Å². The molecule has 0 aromatic carbocycles. The third-order valence-electron chi connectivity index (χ3n) is 4.01. The number of carbonyl (C=O) groups excluding carboxylic acids is 1. The van der Waals surface area contributed by atoms with Gasteiger partial charge in [-0.2, -0.15) is 5.26 Å². The van der Waals surface area contributed by atoms with Gasteiger partial charge in [0.15, 0.2) is 5.82 Å². The number of carbonyl (C=O) groups is 1. The average molecular weight is 339 g/mol. The van der Waals surface area contributed by atoms with E-state index >= 15 is 0 Å². The van der Waals surface area contributed by atoms with Crippen molar-refractivity contribution in [2.75, 3.05) is 23.7 Å². The topological polar surface area (TPSA) is 116 Å². The molecule has 3 N–H and O–H groups in total. The Kier molecular flexibility index (Phi) is 5.05. The molecule has 0 spiro atoms. The van der Waals surface area contributed by atoms with Crippen LogP contribution in [0.5, 0.6) is 0 Å². The zero-order chi connectivity index (χ0) is 17.8. The van der Waals surface area contributed by atoms with E-state index in [1.807, 2.05) is 19.9 Å². The molecule has 2 aromatic rings. The van der Waals surface area contributed by atoms with Gasteiger partial charge in [0.2, 0.25) is 11.9 Å². The summed E-state index contributed by atoms with van der Waals surface area (Å²) in [5.41, 5.74) is 0.879. The molecule has 2 aromatic heterocycles. The summed E-state index contributed by atoms with van der Waals surface area (Å²) >= 11 is 0. The molecule has 1 aliphatic heterocycles. The highest BCUT2D eigenvalue weighted by Gasteiger charge is 2.22. The van der Waals surface area contributed by atoms with Gasteiger partial charge in [-0.05, 0) is 39.3 Å². The number of nitriles is 1. The van der Waals surface area contributed by atoms with E-state index in [0.29, 0.717) is 29.0 Å². The molecule has 130 valence electrons. The van der Waals surface area contributed by atoms with Gasteiger partial charge in [0.1, 0.15) is 17.3 Å². The Labute approximate surface area is 146 Å². The second-order valence-corrected chi connectivity index (χ2v) is 6.43. The number of nitrogens with one attached hydrogen (secondary N) is 3. The number of hydrogen-bond acceptors (Lipinski definition) is 7. The van der Waals surface area contributed by atoms with Crippen LogP contribution >= 0.6 is 0 Å². The standard InChI is InChI=1S/C17H21N7O/c1-10(2)21-15-14-12(6-13(7-18)22-15)9-20-17(23-14)24-16(25)11-4-3-5-19-8-11/h6,9-11,19H,3-5,8H2,1-2H3,(H,21,22)(H,20,23,24,25). The van der Waals surface area contributed by atoms with Crippen molar-refractivity contribution < 1.29 is 4.79 Å². The lowest BCUT2D eigenvalue weighted by Crippen LogP contribution is -2.37. The van der Waals surface area contributed by atoms with Gasteiger partial charge in [0, 0.05) is 24.2 Å². The summed E-state index contributed by atoms with van der Waals surface area (Å²) in [7, 11) is 0. The van der Waals surface area contributed by atoms with Crippen LogP contribution in [0.1, 0.15) is 32.4 Å². The maximum absolute atomic E-state index is 12.4. The van der Waals surface area contributed by atoms with Crippen LogP contribution in [0.3, 0.4) is 0 Å². The van der Waals surface area contributed by atoms with E-state index in [1.54, 1.807) is 12.3 Å². The molecule has 25 heavy (non-hydrogen) atoms. The van der Waals surface area contributed by atoms with Crippen LogP contribution in [0.25, 0.3) is 10.9 Å². The molecule has 1 saturated heterocycles. The van der Waals surface area contributed by atoms with Crippen LogP contribution in [0.4, 0.5) is 11.8 Å². The Balaban J connectivity index is 1.90. The molecular formula is C17H21N7O. The van der Waals surface area contributed by atoms with Crippen LogP contribution < -0.4 is 16.0 Å². The maximum Gasteiger partial charge on any atom is 0.231 e. The second kappa shape index (κ2) is 7.40. The first-order valence-electron chi connectivity index (χ1n) is 8.43. The van der Waals surface area contributed by atoms with Crippen molar-refractivity contribution in [2.24, 2.45) is 5.92 Å². The lowest BCUT2D eigenvalue weighted by atomic mass is 9.99. The fraction of sp³-hybridized carbons (Fsp3) is 0.471. The molecule has 1 atom stereocenters. The van der Waals surface area contributed by atoms with E-state index in [1.165, 1.54) is 0 Å². The summed E-state index contributed by atoms with van der Waals surface area (Å²) in [4.78, 5) is 25.3. The number of nitrogens with zero attached hydrogens (tertiary/aromatic N) is 4. The van der Waals surface area contributed by atoms with E-state index in [9.17, 15) is 4.79 Å². The van der Waals surface area contributed by atoms with Gasteiger partial charge < -0.3 is 10.6 Å². The molecule has 0 aliphatic carbocycles. The first kappa shape index (κ1) is 17.0. The lowest BCUT2D eigenvalue weighted by molar-refractivity contribution is -0.120.